The van der Waals surface area contributed by atoms with Gasteiger partial charge in [-0.2, -0.15) is 18.4 Å². The number of nitrogens with one attached hydrogen (secondary N) is 1. The summed E-state index contributed by atoms with van der Waals surface area (Å²) in [6, 6.07) is 11.9. The highest BCUT2D eigenvalue weighted by molar-refractivity contribution is 6.04. The minimum atomic E-state index is -4.51. The van der Waals surface area contributed by atoms with Crippen molar-refractivity contribution in [3.05, 3.63) is 53.6 Å². The number of amides is 1. The van der Waals surface area contributed by atoms with E-state index in [1.807, 2.05) is 0 Å². The lowest BCUT2D eigenvalue weighted by molar-refractivity contribution is -0.153. The van der Waals surface area contributed by atoms with Gasteiger partial charge in [-0.25, -0.2) is 0 Å². The molecule has 0 radical (unpaired) electrons. The molecule has 1 amide bonds. The number of nitrogens with zero attached hydrogens (tertiary/aromatic N) is 1. The summed E-state index contributed by atoms with van der Waals surface area (Å²) >= 11 is 0. The van der Waals surface area contributed by atoms with E-state index in [2.05, 4.69) is 10.1 Å². The summed E-state index contributed by atoms with van der Waals surface area (Å²) in [5.41, 5.74) is 0.505. The van der Waals surface area contributed by atoms with Gasteiger partial charge < -0.3 is 14.8 Å². The molecule has 0 bridgehead atoms. The number of hydrogen-bond acceptors (Lipinski definition) is 4. The lowest BCUT2D eigenvalue weighted by Gasteiger charge is -2.12. The molecule has 0 unspecified atom stereocenters. The molecule has 0 aliphatic carbocycles. The van der Waals surface area contributed by atoms with Gasteiger partial charge >= 0.3 is 6.18 Å². The third-order valence-electron chi connectivity index (χ3n) is 3.10. The Balaban J connectivity index is 2.11. The second-order valence-corrected chi connectivity index (χ2v) is 4.91. The maximum absolute atomic E-state index is 12.2. The van der Waals surface area contributed by atoms with Crippen molar-refractivity contribution < 1.29 is 27.4 Å². The fourth-order valence-corrected chi connectivity index (χ4v) is 1.93. The molecule has 25 heavy (non-hydrogen) atoms. The molecule has 0 aromatic heterocycles. The third kappa shape index (κ3) is 5.14. The van der Waals surface area contributed by atoms with E-state index in [4.69, 9.17) is 10.00 Å². The Morgan fingerprint density at radius 1 is 1.20 bits per heavy atom. The van der Waals surface area contributed by atoms with Crippen molar-refractivity contribution in [2.45, 2.75) is 6.18 Å². The van der Waals surface area contributed by atoms with Crippen LogP contribution in [0.5, 0.6) is 11.5 Å². The maximum Gasteiger partial charge on any atom is 0.422 e. The number of carbonyl (C=O) groups excluding carboxylic acids is 1. The molecule has 2 rings (SSSR count). The molecule has 0 atom stereocenters. The fraction of sp³-hybridized carbons (Fsp3) is 0.176. The van der Waals surface area contributed by atoms with Gasteiger partial charge in [0.05, 0.1) is 12.7 Å². The SMILES string of the molecule is COc1ccc(C(=O)Nc2ccc(OCC(F)(F)F)c(C#N)c2)cc1. The van der Waals surface area contributed by atoms with Gasteiger partial charge in [0.2, 0.25) is 0 Å². The molecule has 8 heteroatoms. The van der Waals surface area contributed by atoms with E-state index < -0.39 is 18.7 Å². The first-order valence-electron chi connectivity index (χ1n) is 7.01. The zero-order chi connectivity index (χ0) is 18.4. The first kappa shape index (κ1) is 18.1. The van der Waals surface area contributed by atoms with Gasteiger partial charge in [0.1, 0.15) is 17.6 Å². The smallest absolute Gasteiger partial charge is 0.422 e. The van der Waals surface area contributed by atoms with Gasteiger partial charge in [0.25, 0.3) is 5.91 Å². The summed E-state index contributed by atoms with van der Waals surface area (Å²) in [5, 5.41) is 11.6. The quantitative estimate of drug-likeness (QED) is 0.891. The molecule has 1 N–H and O–H groups in total. The number of methoxy groups -OCH3 is 1. The lowest BCUT2D eigenvalue weighted by atomic mass is 10.1. The van der Waals surface area contributed by atoms with Gasteiger partial charge in [-0.15, -0.1) is 0 Å². The summed E-state index contributed by atoms with van der Waals surface area (Å²) in [6.45, 7) is -1.50. The van der Waals surface area contributed by atoms with Crippen molar-refractivity contribution >= 4 is 11.6 Å². The Bertz CT molecular complexity index is 796. The largest absolute Gasteiger partial charge is 0.497 e. The first-order valence-corrected chi connectivity index (χ1v) is 7.01. The third-order valence-corrected chi connectivity index (χ3v) is 3.10. The van der Waals surface area contributed by atoms with Crippen LogP contribution in [0.2, 0.25) is 0 Å². The number of halogens is 3. The Morgan fingerprint density at radius 3 is 2.44 bits per heavy atom. The molecule has 0 aliphatic heterocycles. The number of nitriles is 1. The zero-order valence-electron chi connectivity index (χ0n) is 13.1. The average molecular weight is 350 g/mol. The summed E-state index contributed by atoms with van der Waals surface area (Å²) in [7, 11) is 1.50. The van der Waals surface area contributed by atoms with Gasteiger partial charge in [0.15, 0.2) is 6.61 Å². The molecule has 0 saturated heterocycles. The predicted molar refractivity (Wildman–Crippen MR) is 83.7 cm³/mol. The number of rotatable bonds is 5. The van der Waals surface area contributed by atoms with E-state index in [-0.39, 0.29) is 17.0 Å². The fourth-order valence-electron chi connectivity index (χ4n) is 1.93. The molecule has 2 aromatic carbocycles. The van der Waals surface area contributed by atoms with Crippen molar-refractivity contribution in [2.75, 3.05) is 19.0 Å². The van der Waals surface area contributed by atoms with Crippen molar-refractivity contribution in [1.82, 2.24) is 0 Å². The second-order valence-electron chi connectivity index (χ2n) is 4.91. The van der Waals surface area contributed by atoms with Gasteiger partial charge in [-0.05, 0) is 42.5 Å². The number of carbonyl (C=O) groups is 1. The van der Waals surface area contributed by atoms with Gasteiger partial charge in [-0.1, -0.05) is 0 Å². The van der Waals surface area contributed by atoms with Crippen LogP contribution in [0, 0.1) is 11.3 Å². The standard InChI is InChI=1S/C17H13F3N2O3/c1-24-14-5-2-11(3-6-14)16(23)22-13-4-7-15(12(8-13)9-21)25-10-17(18,19)20/h2-8H,10H2,1H3,(H,22,23). The topological polar surface area (TPSA) is 71.3 Å². The van der Waals surface area contributed by atoms with E-state index in [0.717, 1.165) is 0 Å². The van der Waals surface area contributed by atoms with Gasteiger partial charge in [-0.3, -0.25) is 4.79 Å². The second kappa shape index (κ2) is 7.57. The highest BCUT2D eigenvalue weighted by atomic mass is 19.4. The molecule has 0 fully saturated rings. The van der Waals surface area contributed by atoms with E-state index in [1.54, 1.807) is 30.3 Å². The van der Waals surface area contributed by atoms with Crippen LogP contribution < -0.4 is 14.8 Å². The Hall–Kier alpha value is -3.21. The number of ether oxygens (including phenoxy) is 2. The number of alkyl halides is 3. The van der Waals surface area contributed by atoms with E-state index >= 15 is 0 Å². The van der Waals surface area contributed by atoms with Gasteiger partial charge in [0, 0.05) is 11.3 Å². The normalized spacial score (nSPS) is 10.7. The molecular formula is C17H13F3N2O3. The predicted octanol–water partition coefficient (Wildman–Crippen LogP) is 3.76. The van der Waals surface area contributed by atoms with Crippen LogP contribution in [0.1, 0.15) is 15.9 Å². The van der Waals surface area contributed by atoms with E-state index in [1.165, 1.54) is 25.3 Å². The Labute approximate surface area is 141 Å². The molecule has 0 spiro atoms. The highest BCUT2D eigenvalue weighted by Crippen LogP contribution is 2.25. The van der Waals surface area contributed by atoms with Crippen LogP contribution >= 0.6 is 0 Å². The van der Waals surface area contributed by atoms with Crippen molar-refractivity contribution in [2.24, 2.45) is 0 Å². The van der Waals surface area contributed by atoms with Crippen LogP contribution in [0.3, 0.4) is 0 Å². The first-order chi connectivity index (χ1) is 11.8. The molecular weight excluding hydrogens is 337 g/mol. The van der Waals surface area contributed by atoms with Crippen molar-refractivity contribution in [3.63, 3.8) is 0 Å². The van der Waals surface area contributed by atoms with Crippen LogP contribution in [-0.2, 0) is 0 Å². The average Bonchev–Trinajstić information content (AvgIpc) is 2.59. The number of anilines is 1. The molecule has 0 aliphatic rings. The Kier molecular flexibility index (Phi) is 5.49. The summed E-state index contributed by atoms with van der Waals surface area (Å²) in [4.78, 5) is 12.1. The van der Waals surface area contributed by atoms with Crippen LogP contribution in [-0.4, -0.2) is 25.8 Å². The van der Waals surface area contributed by atoms with Crippen LogP contribution in [0.25, 0.3) is 0 Å². The molecule has 0 saturated carbocycles. The van der Waals surface area contributed by atoms with E-state index in [9.17, 15) is 18.0 Å². The number of benzene rings is 2. The molecule has 2 aromatic rings. The Morgan fingerprint density at radius 2 is 1.88 bits per heavy atom. The monoisotopic (exact) mass is 350 g/mol. The summed E-state index contributed by atoms with van der Waals surface area (Å²) < 4.78 is 46.2. The van der Waals surface area contributed by atoms with Crippen molar-refractivity contribution in [1.29, 1.82) is 5.26 Å². The summed E-state index contributed by atoms with van der Waals surface area (Å²) in [6.07, 6.45) is -4.51. The highest BCUT2D eigenvalue weighted by Gasteiger charge is 2.28. The number of hydrogen-bond donors (Lipinski definition) is 1. The summed E-state index contributed by atoms with van der Waals surface area (Å²) in [5.74, 6) is -0.0488. The minimum Gasteiger partial charge on any atom is -0.497 e. The molecule has 5 nitrogen and oxygen atoms in total. The van der Waals surface area contributed by atoms with Crippen LogP contribution in [0.15, 0.2) is 42.5 Å². The van der Waals surface area contributed by atoms with E-state index in [0.29, 0.717) is 11.3 Å². The van der Waals surface area contributed by atoms with Crippen LogP contribution in [0.4, 0.5) is 18.9 Å². The zero-order valence-corrected chi connectivity index (χ0v) is 13.1. The molecule has 0 heterocycles. The van der Waals surface area contributed by atoms with Crippen molar-refractivity contribution in [3.8, 4) is 17.6 Å². The molecule has 130 valence electrons. The lowest BCUT2D eigenvalue weighted by Crippen LogP contribution is -2.19. The maximum atomic E-state index is 12.2. The minimum absolute atomic E-state index is 0.114.